The molecule has 0 saturated carbocycles. The van der Waals surface area contributed by atoms with E-state index in [9.17, 15) is 0 Å². The van der Waals surface area contributed by atoms with E-state index in [1.165, 1.54) is 5.56 Å². The third-order valence-corrected chi connectivity index (χ3v) is 6.97. The van der Waals surface area contributed by atoms with Gasteiger partial charge in [-0.05, 0) is 65.4 Å². The summed E-state index contributed by atoms with van der Waals surface area (Å²) >= 11 is 6.31. The van der Waals surface area contributed by atoms with Gasteiger partial charge in [0.2, 0.25) is 0 Å². The van der Waals surface area contributed by atoms with E-state index >= 15 is 0 Å². The van der Waals surface area contributed by atoms with E-state index in [-0.39, 0.29) is 24.0 Å². The monoisotopic (exact) mass is 647 g/mol. The molecule has 0 radical (unpaired) electrons. The molecule has 1 aliphatic rings. The number of quaternary nitrogens is 1. The predicted octanol–water partition coefficient (Wildman–Crippen LogP) is 4.40. The largest absolute Gasteiger partial charge is 1.00 e. The number of aryl methyl sites for hydroxylation is 2. The average molecular weight is 648 g/mol. The zero-order valence-corrected chi connectivity index (χ0v) is 24.8. The minimum Gasteiger partial charge on any atom is -1.00 e. The van der Waals surface area contributed by atoms with Crippen LogP contribution in [0.2, 0.25) is 5.02 Å². The maximum atomic E-state index is 6.31. The highest BCUT2D eigenvalue weighted by Gasteiger charge is 2.22. The van der Waals surface area contributed by atoms with E-state index in [0.29, 0.717) is 17.6 Å². The van der Waals surface area contributed by atoms with Crippen LogP contribution in [0.1, 0.15) is 33.5 Å². The number of oxime groups is 1. The number of fused-ring (bicyclic) bond motifs is 2. The maximum absolute atomic E-state index is 6.31. The van der Waals surface area contributed by atoms with Crippen molar-refractivity contribution in [1.29, 1.82) is 0 Å². The summed E-state index contributed by atoms with van der Waals surface area (Å²) in [5, 5.41) is 5.38. The van der Waals surface area contributed by atoms with Crippen LogP contribution < -0.4 is 24.0 Å². The molecule has 0 saturated heterocycles. The van der Waals surface area contributed by atoms with Gasteiger partial charge in [0.15, 0.2) is 6.61 Å². The minimum absolute atomic E-state index is 0. The normalized spacial score (nSPS) is 14.1. The summed E-state index contributed by atoms with van der Waals surface area (Å²) < 4.78 is 0.551. The lowest BCUT2D eigenvalue weighted by Crippen LogP contribution is -3.00. The minimum atomic E-state index is 0. The zero-order valence-electron chi connectivity index (χ0n) is 21.9. The third kappa shape index (κ3) is 7.66. The number of likely N-dealkylation sites (N-methyl/N-ethyl adjacent to an activating group) is 1. The first kappa shape index (κ1) is 28.7. The second-order valence-corrected chi connectivity index (χ2v) is 10.0. The van der Waals surface area contributed by atoms with Gasteiger partial charge in [0.1, 0.15) is 24.7 Å². The standard InChI is InChI=1S/C33H31ClN3O.HI/c1-37(21-18-26-9-4-2-5-10-26,22-19-27-11-6-3-7-12-27)23-24-38-36-33-31-17-16-30(34)25-29(31)15-14-28-13-8-20-35-32(28)33;/h2-13,16-22,25H,14-15,23-24H2,1H3;1H/q+1;/p-1/b21-18+,22-19+,36-33+;. The summed E-state index contributed by atoms with van der Waals surface area (Å²) in [6.07, 6.45) is 12.2. The number of benzene rings is 3. The van der Waals surface area contributed by atoms with E-state index in [4.69, 9.17) is 16.4 Å². The molecule has 0 N–H and O–H groups in total. The van der Waals surface area contributed by atoms with Crippen molar-refractivity contribution in [3.63, 3.8) is 0 Å². The van der Waals surface area contributed by atoms with E-state index in [2.05, 4.69) is 72.1 Å². The van der Waals surface area contributed by atoms with Gasteiger partial charge in [-0.3, -0.25) is 9.47 Å². The lowest BCUT2D eigenvalue weighted by Gasteiger charge is -2.25. The Morgan fingerprint density at radius 3 is 2.15 bits per heavy atom. The second kappa shape index (κ2) is 13.7. The van der Waals surface area contributed by atoms with Gasteiger partial charge in [-0.25, -0.2) is 0 Å². The van der Waals surface area contributed by atoms with Crippen LogP contribution in [0.25, 0.3) is 12.2 Å². The van der Waals surface area contributed by atoms with Crippen LogP contribution in [0.4, 0.5) is 0 Å². The van der Waals surface area contributed by atoms with Gasteiger partial charge < -0.3 is 28.8 Å². The molecule has 5 rings (SSSR count). The molecule has 0 unspecified atom stereocenters. The van der Waals surface area contributed by atoms with E-state index in [0.717, 1.165) is 51.5 Å². The lowest BCUT2D eigenvalue weighted by molar-refractivity contribution is -0.805. The van der Waals surface area contributed by atoms with Crippen molar-refractivity contribution in [2.75, 3.05) is 20.2 Å². The summed E-state index contributed by atoms with van der Waals surface area (Å²) in [4.78, 5) is 10.7. The van der Waals surface area contributed by atoms with Gasteiger partial charge in [0.05, 0.1) is 12.7 Å². The fraction of sp³-hybridized carbons (Fsp3) is 0.152. The predicted molar refractivity (Wildman–Crippen MR) is 157 cm³/mol. The zero-order chi connectivity index (χ0) is 26.2. The van der Waals surface area contributed by atoms with Crippen molar-refractivity contribution in [1.82, 2.24) is 4.98 Å². The molecule has 3 aromatic carbocycles. The smallest absolute Gasteiger partial charge is 0.166 e. The number of nitrogens with zero attached hydrogens (tertiary/aromatic N) is 3. The van der Waals surface area contributed by atoms with Gasteiger partial charge in [0, 0.05) is 16.8 Å². The molecule has 198 valence electrons. The van der Waals surface area contributed by atoms with Crippen LogP contribution in [-0.2, 0) is 17.7 Å². The van der Waals surface area contributed by atoms with Crippen LogP contribution in [-0.4, -0.2) is 35.4 Å². The first-order valence-corrected chi connectivity index (χ1v) is 13.2. The van der Waals surface area contributed by atoms with Gasteiger partial charge in [-0.15, -0.1) is 0 Å². The van der Waals surface area contributed by atoms with Gasteiger partial charge in [-0.1, -0.05) is 89.6 Å². The van der Waals surface area contributed by atoms with E-state index < -0.39 is 0 Å². The second-order valence-electron chi connectivity index (χ2n) is 9.61. The van der Waals surface area contributed by atoms with Crippen molar-refractivity contribution >= 4 is 29.5 Å². The molecule has 1 aliphatic carbocycles. The Labute approximate surface area is 252 Å². The first-order chi connectivity index (χ1) is 18.6. The lowest BCUT2D eigenvalue weighted by atomic mass is 10.0. The molecule has 0 bridgehead atoms. The number of hydrogen-bond donors (Lipinski definition) is 0. The van der Waals surface area contributed by atoms with E-state index in [1.54, 1.807) is 0 Å². The molecule has 0 fully saturated rings. The molecule has 4 aromatic rings. The van der Waals surface area contributed by atoms with Crippen LogP contribution in [0.15, 0.2) is 115 Å². The molecule has 4 nitrogen and oxygen atoms in total. The Kier molecular flexibility index (Phi) is 10.1. The highest BCUT2D eigenvalue weighted by atomic mass is 127. The maximum Gasteiger partial charge on any atom is 0.166 e. The van der Waals surface area contributed by atoms with Crippen LogP contribution in [0.5, 0.6) is 0 Å². The van der Waals surface area contributed by atoms with Crippen molar-refractivity contribution in [2.45, 2.75) is 12.8 Å². The van der Waals surface area contributed by atoms with Crippen LogP contribution in [0.3, 0.4) is 0 Å². The molecule has 39 heavy (non-hydrogen) atoms. The van der Waals surface area contributed by atoms with Gasteiger partial charge in [0.25, 0.3) is 0 Å². The molecule has 1 heterocycles. The van der Waals surface area contributed by atoms with Crippen molar-refractivity contribution < 1.29 is 33.3 Å². The molecule has 0 amide bonds. The molecular formula is C33H31ClIN3O. The van der Waals surface area contributed by atoms with Gasteiger partial charge in [-0.2, -0.15) is 0 Å². The highest BCUT2D eigenvalue weighted by molar-refractivity contribution is 6.31. The number of pyridine rings is 1. The Balaban J connectivity index is 0.00000353. The molecular weight excluding hydrogens is 617 g/mol. The fourth-order valence-corrected chi connectivity index (χ4v) is 4.73. The number of aromatic nitrogens is 1. The molecule has 6 heteroatoms. The summed E-state index contributed by atoms with van der Waals surface area (Å²) in [6, 6.07) is 30.7. The van der Waals surface area contributed by atoms with Crippen LogP contribution >= 0.6 is 11.6 Å². The van der Waals surface area contributed by atoms with E-state index in [1.807, 2.05) is 66.9 Å². The summed E-state index contributed by atoms with van der Waals surface area (Å²) in [6.45, 7) is 1.13. The molecule has 0 atom stereocenters. The molecule has 1 aromatic heterocycles. The van der Waals surface area contributed by atoms with Crippen molar-refractivity contribution in [3.05, 3.63) is 148 Å². The fourth-order valence-electron chi connectivity index (χ4n) is 4.53. The first-order valence-electron chi connectivity index (χ1n) is 12.9. The highest BCUT2D eigenvalue weighted by Crippen LogP contribution is 2.26. The molecule has 0 spiro atoms. The Bertz CT molecular complexity index is 1420. The average Bonchev–Trinajstić information content (AvgIpc) is 3.11. The van der Waals surface area contributed by atoms with Gasteiger partial charge >= 0.3 is 0 Å². The van der Waals surface area contributed by atoms with Crippen molar-refractivity contribution in [2.24, 2.45) is 5.16 Å². The van der Waals surface area contributed by atoms with Crippen molar-refractivity contribution in [3.8, 4) is 0 Å². The molecule has 0 aliphatic heterocycles. The quantitative estimate of drug-likeness (QED) is 0.123. The van der Waals surface area contributed by atoms with Crippen LogP contribution in [0, 0.1) is 0 Å². The summed E-state index contributed by atoms with van der Waals surface area (Å²) in [7, 11) is 2.16. The topological polar surface area (TPSA) is 34.5 Å². The SMILES string of the molecule is C[N+](/C=C/c1ccccc1)(/C=C/c1ccccc1)CCO/N=C1\c2ccc(Cl)cc2CCc2cccnc21.[I-]. The third-order valence-electron chi connectivity index (χ3n) is 6.74. The summed E-state index contributed by atoms with van der Waals surface area (Å²) in [5.41, 5.74) is 7.30. The Morgan fingerprint density at radius 2 is 1.49 bits per heavy atom. The summed E-state index contributed by atoms with van der Waals surface area (Å²) in [5.74, 6) is 0. The Morgan fingerprint density at radius 1 is 0.846 bits per heavy atom. The number of rotatable bonds is 8. The number of halogens is 2. The number of hydrogen-bond acceptors (Lipinski definition) is 3. The Hall–Kier alpha value is -3.26.